The largest absolute Gasteiger partial charge is 0.497 e. The van der Waals surface area contributed by atoms with E-state index in [9.17, 15) is 13.2 Å². The number of methoxy groups -OCH3 is 1. The summed E-state index contributed by atoms with van der Waals surface area (Å²) in [6, 6.07) is 11.5. The third-order valence-electron chi connectivity index (χ3n) is 5.43. The van der Waals surface area contributed by atoms with Gasteiger partial charge < -0.3 is 24.4 Å². The smallest absolute Gasteiger partial charge is 0.264 e. The van der Waals surface area contributed by atoms with Gasteiger partial charge in [-0.1, -0.05) is 0 Å². The Labute approximate surface area is 187 Å². The van der Waals surface area contributed by atoms with Crippen molar-refractivity contribution in [2.24, 2.45) is 0 Å². The van der Waals surface area contributed by atoms with E-state index in [4.69, 9.17) is 14.2 Å². The summed E-state index contributed by atoms with van der Waals surface area (Å²) in [4.78, 5) is 14.5. The van der Waals surface area contributed by atoms with Crippen molar-refractivity contribution in [3.8, 4) is 5.75 Å². The van der Waals surface area contributed by atoms with Crippen LogP contribution in [0.2, 0.25) is 0 Å². The molecule has 2 heterocycles. The lowest BCUT2D eigenvalue weighted by atomic mass is 10.2. The molecule has 4 rings (SSSR count). The van der Waals surface area contributed by atoms with Crippen molar-refractivity contribution in [2.45, 2.75) is 23.8 Å². The molecule has 1 amide bonds. The van der Waals surface area contributed by atoms with Crippen molar-refractivity contribution in [1.29, 1.82) is 0 Å². The number of rotatable bonds is 7. The molecule has 2 aliphatic heterocycles. The number of amides is 1. The lowest BCUT2D eigenvalue weighted by Crippen LogP contribution is -2.37. The fraction of sp³-hybridized carbons (Fsp3) is 0.409. The maximum atomic E-state index is 13.4. The molecule has 2 aromatic carbocycles. The summed E-state index contributed by atoms with van der Waals surface area (Å²) in [5.41, 5.74) is 1.37. The van der Waals surface area contributed by atoms with Crippen LogP contribution < -0.4 is 19.7 Å². The Hall–Kier alpha value is -2.82. The number of morpholine rings is 1. The molecule has 2 N–H and O–H groups in total. The maximum Gasteiger partial charge on any atom is 0.264 e. The number of benzene rings is 2. The highest BCUT2D eigenvalue weighted by Gasteiger charge is 2.27. The predicted molar refractivity (Wildman–Crippen MR) is 121 cm³/mol. The van der Waals surface area contributed by atoms with Crippen molar-refractivity contribution in [1.82, 2.24) is 0 Å². The topological polar surface area (TPSA) is 106 Å². The van der Waals surface area contributed by atoms with Gasteiger partial charge in [-0.25, -0.2) is 8.42 Å². The van der Waals surface area contributed by atoms with Gasteiger partial charge in [-0.05, 0) is 55.3 Å². The van der Waals surface area contributed by atoms with Crippen LogP contribution in [0.1, 0.15) is 12.8 Å². The molecule has 10 heteroatoms. The van der Waals surface area contributed by atoms with Crippen LogP contribution in [0.5, 0.6) is 5.75 Å². The van der Waals surface area contributed by atoms with Crippen LogP contribution in [0.25, 0.3) is 0 Å². The van der Waals surface area contributed by atoms with Crippen LogP contribution in [-0.4, -0.2) is 60.4 Å². The molecule has 2 aliphatic rings. The minimum atomic E-state index is -3.95. The second-order valence-corrected chi connectivity index (χ2v) is 9.26. The molecule has 9 nitrogen and oxygen atoms in total. The molecule has 0 spiro atoms. The first-order valence-electron chi connectivity index (χ1n) is 10.5. The van der Waals surface area contributed by atoms with Gasteiger partial charge in [-0.15, -0.1) is 0 Å². The molecule has 2 aromatic rings. The van der Waals surface area contributed by atoms with Crippen molar-refractivity contribution in [3.05, 3.63) is 42.5 Å². The van der Waals surface area contributed by atoms with Crippen molar-refractivity contribution in [2.75, 3.05) is 55.0 Å². The number of sulfonamides is 1. The molecule has 2 fully saturated rings. The van der Waals surface area contributed by atoms with E-state index >= 15 is 0 Å². The van der Waals surface area contributed by atoms with Crippen LogP contribution >= 0.6 is 0 Å². The highest BCUT2D eigenvalue weighted by atomic mass is 32.2. The van der Waals surface area contributed by atoms with E-state index in [2.05, 4.69) is 10.0 Å². The van der Waals surface area contributed by atoms with Gasteiger partial charge in [-0.2, -0.15) is 0 Å². The Morgan fingerprint density at radius 3 is 2.44 bits per heavy atom. The monoisotopic (exact) mass is 461 g/mol. The number of ether oxygens (including phenoxy) is 3. The zero-order valence-electron chi connectivity index (χ0n) is 17.9. The molecule has 0 aliphatic carbocycles. The van der Waals surface area contributed by atoms with E-state index in [0.717, 1.165) is 6.42 Å². The number of anilines is 3. The fourth-order valence-corrected chi connectivity index (χ4v) is 5.06. The predicted octanol–water partition coefficient (Wildman–Crippen LogP) is 2.45. The molecule has 172 valence electrons. The number of carbonyl (C=O) groups is 1. The summed E-state index contributed by atoms with van der Waals surface area (Å²) in [7, 11) is -2.40. The highest BCUT2D eigenvalue weighted by Crippen LogP contribution is 2.31. The van der Waals surface area contributed by atoms with E-state index < -0.39 is 16.1 Å². The lowest BCUT2D eigenvalue weighted by molar-refractivity contribution is -0.124. The zero-order chi connectivity index (χ0) is 22.6. The zero-order valence-corrected chi connectivity index (χ0v) is 18.7. The molecule has 0 aromatic heterocycles. The molecule has 2 saturated heterocycles. The normalized spacial score (nSPS) is 18.9. The van der Waals surface area contributed by atoms with Gasteiger partial charge in [-0.3, -0.25) is 9.52 Å². The summed E-state index contributed by atoms with van der Waals surface area (Å²) >= 11 is 0. The molecule has 0 saturated carbocycles. The molecule has 32 heavy (non-hydrogen) atoms. The Morgan fingerprint density at radius 2 is 1.78 bits per heavy atom. The first kappa shape index (κ1) is 22.4. The van der Waals surface area contributed by atoms with Gasteiger partial charge >= 0.3 is 0 Å². The standard InChI is InChI=1S/C22H27N3O6S/c1-29-18-7-4-16(5-8-18)24-32(27,28)21-15-17(23-22(26)20-3-2-12-31-20)6-9-19(21)25-10-13-30-14-11-25/h4-9,15,20,24H,2-3,10-14H2,1H3,(H,23,26). The molecule has 1 atom stereocenters. The van der Waals surface area contributed by atoms with E-state index in [0.29, 0.717) is 62.1 Å². The van der Waals surface area contributed by atoms with Gasteiger partial charge in [0.05, 0.1) is 26.0 Å². The SMILES string of the molecule is COc1ccc(NS(=O)(=O)c2cc(NC(=O)C3CCCO3)ccc2N2CCOCC2)cc1. The van der Waals surface area contributed by atoms with E-state index in [1.54, 1.807) is 43.5 Å². The van der Waals surface area contributed by atoms with Crippen molar-refractivity contribution < 1.29 is 27.4 Å². The summed E-state index contributed by atoms with van der Waals surface area (Å²) in [5.74, 6) is 0.355. The van der Waals surface area contributed by atoms with E-state index in [1.165, 1.54) is 6.07 Å². The Morgan fingerprint density at radius 1 is 1.06 bits per heavy atom. The summed E-state index contributed by atoms with van der Waals surface area (Å²) in [6.45, 7) is 2.74. The number of hydrogen-bond donors (Lipinski definition) is 2. The van der Waals surface area contributed by atoms with E-state index in [1.807, 2.05) is 4.90 Å². The average molecular weight is 462 g/mol. The Balaban J connectivity index is 1.64. The van der Waals surface area contributed by atoms with E-state index in [-0.39, 0.29) is 10.8 Å². The van der Waals surface area contributed by atoms with Crippen LogP contribution in [0, 0.1) is 0 Å². The van der Waals surface area contributed by atoms with Gasteiger partial charge in [0.15, 0.2) is 0 Å². The van der Waals surface area contributed by atoms with Crippen molar-refractivity contribution in [3.63, 3.8) is 0 Å². The van der Waals surface area contributed by atoms with Gasteiger partial charge in [0.1, 0.15) is 16.7 Å². The number of nitrogens with one attached hydrogen (secondary N) is 2. The summed E-state index contributed by atoms with van der Waals surface area (Å²) in [5, 5.41) is 2.79. The lowest BCUT2D eigenvalue weighted by Gasteiger charge is -2.30. The summed E-state index contributed by atoms with van der Waals surface area (Å²) < 4.78 is 45.3. The quantitative estimate of drug-likeness (QED) is 0.652. The maximum absolute atomic E-state index is 13.4. The molecule has 0 bridgehead atoms. The Bertz CT molecular complexity index is 1050. The highest BCUT2D eigenvalue weighted by molar-refractivity contribution is 7.92. The van der Waals surface area contributed by atoms with Gasteiger partial charge in [0.2, 0.25) is 0 Å². The van der Waals surface area contributed by atoms with Crippen LogP contribution in [-0.2, 0) is 24.3 Å². The first-order valence-corrected chi connectivity index (χ1v) is 12.0. The second kappa shape index (κ2) is 9.76. The summed E-state index contributed by atoms with van der Waals surface area (Å²) in [6.07, 6.45) is 0.979. The number of carbonyl (C=O) groups excluding carboxylic acids is 1. The van der Waals surface area contributed by atoms with Crippen LogP contribution in [0.4, 0.5) is 17.1 Å². The number of nitrogens with zero attached hydrogens (tertiary/aromatic N) is 1. The molecule has 0 radical (unpaired) electrons. The van der Waals surface area contributed by atoms with Gasteiger partial charge in [0, 0.05) is 31.1 Å². The molecule has 1 unspecified atom stereocenters. The molecular weight excluding hydrogens is 434 g/mol. The van der Waals surface area contributed by atoms with Crippen molar-refractivity contribution >= 4 is 33.0 Å². The third-order valence-corrected chi connectivity index (χ3v) is 6.84. The third kappa shape index (κ3) is 5.14. The average Bonchev–Trinajstić information content (AvgIpc) is 3.35. The van der Waals surface area contributed by atoms with Gasteiger partial charge in [0.25, 0.3) is 15.9 Å². The van der Waals surface area contributed by atoms with Crippen LogP contribution in [0.3, 0.4) is 0 Å². The Kier molecular flexibility index (Phi) is 6.83. The second-order valence-electron chi connectivity index (χ2n) is 7.61. The minimum absolute atomic E-state index is 0.0837. The fourth-order valence-electron chi connectivity index (χ4n) is 3.75. The van der Waals surface area contributed by atoms with Crippen LogP contribution in [0.15, 0.2) is 47.4 Å². The minimum Gasteiger partial charge on any atom is -0.497 e. The number of hydrogen-bond acceptors (Lipinski definition) is 7. The molecular formula is C22H27N3O6S. The first-order chi connectivity index (χ1) is 15.5.